The first-order valence-corrected chi connectivity index (χ1v) is 9.57. The van der Waals surface area contributed by atoms with Crippen molar-refractivity contribution < 1.29 is 23.9 Å². The zero-order valence-electron chi connectivity index (χ0n) is 16.6. The van der Waals surface area contributed by atoms with E-state index in [1.807, 2.05) is 25.1 Å². The monoisotopic (exact) mass is 412 g/mol. The average molecular weight is 412 g/mol. The second-order valence-electron chi connectivity index (χ2n) is 6.67. The van der Waals surface area contributed by atoms with Crippen LogP contribution in [0.1, 0.15) is 29.3 Å². The van der Waals surface area contributed by atoms with Crippen LogP contribution in [-0.4, -0.2) is 42.6 Å². The van der Waals surface area contributed by atoms with Gasteiger partial charge in [0.25, 0.3) is 0 Å². The van der Waals surface area contributed by atoms with E-state index < -0.39 is 5.91 Å². The van der Waals surface area contributed by atoms with Gasteiger partial charge >= 0.3 is 6.03 Å². The topological polar surface area (TPSA) is 123 Å². The van der Waals surface area contributed by atoms with E-state index in [9.17, 15) is 14.4 Å². The van der Waals surface area contributed by atoms with Crippen LogP contribution in [0.15, 0.2) is 42.5 Å². The molecule has 9 heteroatoms. The molecule has 3 rings (SSSR count). The van der Waals surface area contributed by atoms with E-state index in [0.29, 0.717) is 35.8 Å². The van der Waals surface area contributed by atoms with Crippen LogP contribution < -0.4 is 25.8 Å². The number of urea groups is 1. The van der Waals surface area contributed by atoms with Gasteiger partial charge < -0.3 is 30.7 Å². The fourth-order valence-corrected chi connectivity index (χ4v) is 2.92. The van der Waals surface area contributed by atoms with Gasteiger partial charge in [0.15, 0.2) is 11.5 Å². The predicted octanol–water partition coefficient (Wildman–Crippen LogP) is 2.07. The van der Waals surface area contributed by atoms with Crippen molar-refractivity contribution in [2.75, 3.05) is 25.2 Å². The molecule has 1 aliphatic rings. The van der Waals surface area contributed by atoms with Gasteiger partial charge in [0.1, 0.15) is 0 Å². The Kier molecular flexibility index (Phi) is 6.74. The SMILES string of the molecule is CCN(CCC(=O)Nc1ccc(C(N)=O)cc1)C(=O)NCc1ccc2c(c1)OCO2. The molecule has 158 valence electrons. The fraction of sp³-hybridized carbons (Fsp3) is 0.286. The molecule has 4 amide bonds. The highest BCUT2D eigenvalue weighted by molar-refractivity contribution is 5.94. The first kappa shape index (κ1) is 21.0. The maximum Gasteiger partial charge on any atom is 0.317 e. The largest absolute Gasteiger partial charge is 0.454 e. The van der Waals surface area contributed by atoms with Gasteiger partial charge in [-0.3, -0.25) is 9.59 Å². The number of anilines is 1. The number of nitrogens with zero attached hydrogens (tertiary/aromatic N) is 1. The van der Waals surface area contributed by atoms with Gasteiger partial charge in [-0.25, -0.2) is 4.79 Å². The van der Waals surface area contributed by atoms with Gasteiger partial charge in [0, 0.05) is 37.3 Å². The maximum absolute atomic E-state index is 12.4. The number of primary amides is 1. The molecule has 1 heterocycles. The predicted molar refractivity (Wildman–Crippen MR) is 110 cm³/mol. The lowest BCUT2D eigenvalue weighted by molar-refractivity contribution is -0.116. The van der Waals surface area contributed by atoms with Crippen LogP contribution in [0.3, 0.4) is 0 Å². The van der Waals surface area contributed by atoms with Gasteiger partial charge in [-0.15, -0.1) is 0 Å². The van der Waals surface area contributed by atoms with Crippen molar-refractivity contribution in [2.45, 2.75) is 19.9 Å². The molecule has 0 spiro atoms. The molecule has 0 fully saturated rings. The minimum Gasteiger partial charge on any atom is -0.454 e. The molecule has 0 aliphatic carbocycles. The summed E-state index contributed by atoms with van der Waals surface area (Å²) < 4.78 is 10.6. The van der Waals surface area contributed by atoms with Crippen LogP contribution in [0.4, 0.5) is 10.5 Å². The molecule has 0 aromatic heterocycles. The molecule has 1 aliphatic heterocycles. The molecule has 0 atom stereocenters. The minimum atomic E-state index is -0.529. The lowest BCUT2D eigenvalue weighted by Gasteiger charge is -2.21. The standard InChI is InChI=1S/C21H24N4O5/c1-2-25(10-9-19(26)24-16-6-4-15(5-7-16)20(22)27)21(28)23-12-14-3-8-17-18(11-14)30-13-29-17/h3-8,11H,2,9-10,12-13H2,1H3,(H2,22,27)(H,23,28)(H,24,26). The Morgan fingerprint density at radius 1 is 1.07 bits per heavy atom. The Morgan fingerprint density at radius 3 is 2.50 bits per heavy atom. The van der Waals surface area contributed by atoms with E-state index in [1.165, 1.54) is 0 Å². The third-order valence-electron chi connectivity index (χ3n) is 4.61. The number of carbonyl (C=O) groups excluding carboxylic acids is 3. The van der Waals surface area contributed by atoms with E-state index in [1.54, 1.807) is 29.2 Å². The number of amides is 4. The first-order valence-electron chi connectivity index (χ1n) is 9.57. The minimum absolute atomic E-state index is 0.142. The average Bonchev–Trinajstić information content (AvgIpc) is 3.21. The molecule has 0 saturated heterocycles. The van der Waals surface area contributed by atoms with Crippen molar-refractivity contribution in [3.05, 3.63) is 53.6 Å². The van der Waals surface area contributed by atoms with E-state index in [-0.39, 0.29) is 31.7 Å². The van der Waals surface area contributed by atoms with Crippen LogP contribution in [0, 0.1) is 0 Å². The van der Waals surface area contributed by atoms with Crippen LogP contribution in [0.5, 0.6) is 11.5 Å². The van der Waals surface area contributed by atoms with Crippen molar-refractivity contribution in [3.63, 3.8) is 0 Å². The molecule has 0 unspecified atom stereocenters. The molecule has 0 saturated carbocycles. The summed E-state index contributed by atoms with van der Waals surface area (Å²) in [4.78, 5) is 37.3. The third kappa shape index (κ3) is 5.40. The zero-order chi connectivity index (χ0) is 21.5. The summed E-state index contributed by atoms with van der Waals surface area (Å²) in [7, 11) is 0. The molecule has 0 bridgehead atoms. The highest BCUT2D eigenvalue weighted by Gasteiger charge is 2.16. The summed E-state index contributed by atoms with van der Waals surface area (Å²) in [5.41, 5.74) is 7.00. The second-order valence-corrected chi connectivity index (χ2v) is 6.67. The van der Waals surface area contributed by atoms with Crippen LogP contribution >= 0.6 is 0 Å². The lowest BCUT2D eigenvalue weighted by Crippen LogP contribution is -2.41. The molecule has 2 aromatic carbocycles. The Bertz CT molecular complexity index is 929. The van der Waals surface area contributed by atoms with Crippen molar-refractivity contribution in [3.8, 4) is 11.5 Å². The number of ether oxygens (including phenoxy) is 2. The van der Waals surface area contributed by atoms with Crippen molar-refractivity contribution >= 4 is 23.5 Å². The van der Waals surface area contributed by atoms with E-state index >= 15 is 0 Å². The van der Waals surface area contributed by atoms with Gasteiger partial charge in [-0.2, -0.15) is 0 Å². The third-order valence-corrected chi connectivity index (χ3v) is 4.61. The summed E-state index contributed by atoms with van der Waals surface area (Å²) in [6.07, 6.45) is 0.142. The summed E-state index contributed by atoms with van der Waals surface area (Å²) in [5, 5.41) is 5.58. The molecule has 2 aromatic rings. The number of hydrogen-bond acceptors (Lipinski definition) is 5. The zero-order valence-corrected chi connectivity index (χ0v) is 16.6. The molecular formula is C21H24N4O5. The summed E-state index contributed by atoms with van der Waals surface area (Å²) in [5.74, 6) is 0.590. The second kappa shape index (κ2) is 9.64. The van der Waals surface area contributed by atoms with Crippen molar-refractivity contribution in [2.24, 2.45) is 5.73 Å². The summed E-state index contributed by atoms with van der Waals surface area (Å²) in [6, 6.07) is 11.5. The number of nitrogens with one attached hydrogen (secondary N) is 2. The highest BCUT2D eigenvalue weighted by atomic mass is 16.7. The number of benzene rings is 2. The van der Waals surface area contributed by atoms with Gasteiger partial charge in [0.05, 0.1) is 0 Å². The molecular weight excluding hydrogens is 388 g/mol. The Morgan fingerprint density at radius 2 is 1.80 bits per heavy atom. The quantitative estimate of drug-likeness (QED) is 0.613. The first-order chi connectivity index (χ1) is 14.5. The Balaban J connectivity index is 1.45. The van der Waals surface area contributed by atoms with Crippen LogP contribution in [0.25, 0.3) is 0 Å². The normalized spacial score (nSPS) is 11.6. The van der Waals surface area contributed by atoms with Crippen molar-refractivity contribution in [1.82, 2.24) is 10.2 Å². The summed E-state index contributed by atoms with van der Waals surface area (Å²) in [6.45, 7) is 3.12. The number of hydrogen-bond donors (Lipinski definition) is 3. The number of rotatable bonds is 8. The maximum atomic E-state index is 12.4. The number of fused-ring (bicyclic) bond motifs is 1. The smallest absolute Gasteiger partial charge is 0.317 e. The van der Waals surface area contributed by atoms with Crippen molar-refractivity contribution in [1.29, 1.82) is 0 Å². The van der Waals surface area contributed by atoms with Crippen LogP contribution in [-0.2, 0) is 11.3 Å². The number of carbonyl (C=O) groups is 3. The highest BCUT2D eigenvalue weighted by Crippen LogP contribution is 2.32. The number of nitrogens with two attached hydrogens (primary N) is 1. The fourth-order valence-electron chi connectivity index (χ4n) is 2.92. The molecule has 30 heavy (non-hydrogen) atoms. The van der Waals surface area contributed by atoms with Gasteiger partial charge in [0.2, 0.25) is 18.6 Å². The van der Waals surface area contributed by atoms with E-state index in [0.717, 1.165) is 5.56 Å². The van der Waals surface area contributed by atoms with Gasteiger partial charge in [-0.05, 0) is 48.9 Å². The van der Waals surface area contributed by atoms with E-state index in [4.69, 9.17) is 15.2 Å². The Hall–Kier alpha value is -3.75. The lowest BCUT2D eigenvalue weighted by atomic mass is 10.2. The van der Waals surface area contributed by atoms with Gasteiger partial charge in [-0.1, -0.05) is 6.07 Å². The van der Waals surface area contributed by atoms with E-state index in [2.05, 4.69) is 10.6 Å². The molecule has 4 N–H and O–H groups in total. The molecule has 0 radical (unpaired) electrons. The Labute approximate surface area is 174 Å². The molecule has 9 nitrogen and oxygen atoms in total. The van der Waals surface area contributed by atoms with Crippen LogP contribution in [0.2, 0.25) is 0 Å². The summed E-state index contributed by atoms with van der Waals surface area (Å²) >= 11 is 0.